The van der Waals surface area contributed by atoms with E-state index in [1.165, 1.54) is 295 Å². The smallest absolute Gasteiger partial charge is 0.306 e. The summed E-state index contributed by atoms with van der Waals surface area (Å²) in [5, 5.41) is 0. The minimum absolute atomic E-state index is 0.0696. The summed E-state index contributed by atoms with van der Waals surface area (Å²) in [6, 6.07) is 0. The Bertz CT molecular complexity index is 1430. The van der Waals surface area contributed by atoms with Crippen molar-refractivity contribution >= 4 is 17.9 Å². The van der Waals surface area contributed by atoms with Gasteiger partial charge in [-0.2, -0.15) is 0 Å². The van der Waals surface area contributed by atoms with E-state index < -0.39 is 6.10 Å². The number of ether oxygens (including phenoxy) is 3. The average molecular weight is 1160 g/mol. The molecular formula is C77H142O6. The van der Waals surface area contributed by atoms with Gasteiger partial charge in [0.1, 0.15) is 13.2 Å². The van der Waals surface area contributed by atoms with Crippen molar-refractivity contribution in [2.75, 3.05) is 13.2 Å². The fraction of sp³-hybridized carbons (Fsp3) is 0.857. The van der Waals surface area contributed by atoms with Crippen LogP contribution in [0.25, 0.3) is 0 Å². The Balaban J connectivity index is 4.08. The van der Waals surface area contributed by atoms with Crippen LogP contribution in [-0.4, -0.2) is 37.2 Å². The van der Waals surface area contributed by atoms with Crippen LogP contribution < -0.4 is 0 Å². The lowest BCUT2D eigenvalue weighted by atomic mass is 10.0. The second-order valence-corrected chi connectivity index (χ2v) is 25.2. The molecule has 0 amide bonds. The topological polar surface area (TPSA) is 78.9 Å². The molecule has 0 spiro atoms. The molecule has 1 unspecified atom stereocenters. The van der Waals surface area contributed by atoms with E-state index in [0.29, 0.717) is 19.3 Å². The Morgan fingerprint density at radius 3 is 0.687 bits per heavy atom. The fourth-order valence-corrected chi connectivity index (χ4v) is 11.2. The third-order valence-electron chi connectivity index (χ3n) is 16.8. The molecule has 0 aliphatic carbocycles. The van der Waals surface area contributed by atoms with Gasteiger partial charge in [0.25, 0.3) is 0 Å². The molecule has 0 heterocycles. The van der Waals surface area contributed by atoms with E-state index in [9.17, 15) is 14.4 Å². The van der Waals surface area contributed by atoms with E-state index in [1.807, 2.05) is 0 Å². The molecule has 0 aromatic rings. The Labute approximate surface area is 518 Å². The third kappa shape index (κ3) is 70.0. The predicted molar refractivity (Wildman–Crippen MR) is 362 cm³/mol. The second-order valence-electron chi connectivity index (χ2n) is 25.2. The second kappa shape index (κ2) is 71.8. The number of hydrogen-bond donors (Lipinski definition) is 0. The molecular weight excluding hydrogens is 1020 g/mol. The highest BCUT2D eigenvalue weighted by atomic mass is 16.6. The summed E-state index contributed by atoms with van der Waals surface area (Å²) in [6.07, 6.45) is 91.7. The number of hydrogen-bond acceptors (Lipinski definition) is 6. The zero-order valence-corrected chi connectivity index (χ0v) is 56.0. The number of rotatable bonds is 69. The van der Waals surface area contributed by atoms with Crippen molar-refractivity contribution in [3.63, 3.8) is 0 Å². The highest BCUT2D eigenvalue weighted by Crippen LogP contribution is 2.18. The highest BCUT2D eigenvalue weighted by molar-refractivity contribution is 5.71. The van der Waals surface area contributed by atoms with Gasteiger partial charge in [-0.1, -0.05) is 352 Å². The number of carbonyl (C=O) groups excluding carboxylic acids is 3. The van der Waals surface area contributed by atoms with E-state index in [4.69, 9.17) is 14.2 Å². The van der Waals surface area contributed by atoms with E-state index in [1.54, 1.807) is 0 Å². The van der Waals surface area contributed by atoms with Gasteiger partial charge in [-0.05, 0) is 83.5 Å². The maximum atomic E-state index is 12.9. The summed E-state index contributed by atoms with van der Waals surface area (Å²) in [7, 11) is 0. The quantitative estimate of drug-likeness (QED) is 0.0261. The molecule has 0 saturated heterocycles. The van der Waals surface area contributed by atoms with Gasteiger partial charge in [0.2, 0.25) is 0 Å². The first-order valence-electron chi connectivity index (χ1n) is 37.1. The standard InChI is InChI=1S/C77H142O6/c1-4-7-10-13-16-19-21-23-25-27-29-31-33-35-36-37-38-39-40-42-43-45-47-49-51-53-55-58-61-64-67-70-76(79)82-73-74(72-81-75(78)69-66-63-60-57-18-15-12-9-6-3)83-77(80)71-68-65-62-59-56-54-52-50-48-46-44-41-34-32-30-28-26-24-22-20-17-14-11-8-5-2/h22,24,27-30,34,41,74H,4-21,23,25-26,31-33,35-40,42-73H2,1-3H3/b24-22-,29-27-,30-28-,41-34-. The Morgan fingerprint density at radius 1 is 0.241 bits per heavy atom. The third-order valence-corrected chi connectivity index (χ3v) is 16.8. The van der Waals surface area contributed by atoms with Gasteiger partial charge in [0.15, 0.2) is 6.10 Å². The normalized spacial score (nSPS) is 12.3. The summed E-state index contributed by atoms with van der Waals surface area (Å²) in [4.78, 5) is 38.3. The lowest BCUT2D eigenvalue weighted by molar-refractivity contribution is -0.167. The van der Waals surface area contributed by atoms with Crippen LogP contribution in [0.1, 0.15) is 406 Å². The van der Waals surface area contributed by atoms with Crippen molar-refractivity contribution < 1.29 is 28.6 Å². The SMILES string of the molecule is CCCCCCC/C=C\C/C=C\C/C=C\CCCCCCCCCCCCC(=O)OC(COC(=O)CCCCCCCCCCC)COC(=O)CCCCCCCCCCCCCCCCCCCCC/C=C\CCCCCCCCCC. The van der Waals surface area contributed by atoms with Crippen molar-refractivity contribution in [3.8, 4) is 0 Å². The maximum Gasteiger partial charge on any atom is 0.306 e. The Morgan fingerprint density at radius 2 is 0.434 bits per heavy atom. The van der Waals surface area contributed by atoms with E-state index in [-0.39, 0.29) is 31.1 Å². The Kier molecular flexibility index (Phi) is 69.6. The summed E-state index contributed by atoms with van der Waals surface area (Å²) in [5.74, 6) is -0.850. The molecule has 1 atom stereocenters. The molecule has 0 saturated carbocycles. The molecule has 0 rings (SSSR count). The molecule has 83 heavy (non-hydrogen) atoms. The summed E-state index contributed by atoms with van der Waals surface area (Å²) < 4.78 is 17.0. The molecule has 0 aromatic carbocycles. The van der Waals surface area contributed by atoms with E-state index in [0.717, 1.165) is 70.6 Å². The van der Waals surface area contributed by atoms with Gasteiger partial charge in [0.05, 0.1) is 0 Å². The van der Waals surface area contributed by atoms with Crippen LogP contribution in [0.15, 0.2) is 48.6 Å². The summed E-state index contributed by atoms with van der Waals surface area (Å²) >= 11 is 0. The minimum atomic E-state index is -0.773. The van der Waals surface area contributed by atoms with Crippen LogP contribution in [0.3, 0.4) is 0 Å². The molecule has 486 valence electrons. The molecule has 0 aromatic heterocycles. The van der Waals surface area contributed by atoms with Crippen LogP contribution in [0, 0.1) is 0 Å². The monoisotopic (exact) mass is 1160 g/mol. The lowest BCUT2D eigenvalue weighted by Crippen LogP contribution is -2.30. The molecule has 6 heteroatoms. The largest absolute Gasteiger partial charge is 0.462 e. The predicted octanol–water partition coefficient (Wildman–Crippen LogP) is 25.7. The number of esters is 3. The molecule has 0 fully saturated rings. The van der Waals surface area contributed by atoms with Gasteiger partial charge >= 0.3 is 17.9 Å². The average Bonchev–Trinajstić information content (AvgIpc) is 3.49. The first-order chi connectivity index (χ1) is 41.0. The molecule has 0 aliphatic rings. The highest BCUT2D eigenvalue weighted by Gasteiger charge is 2.19. The van der Waals surface area contributed by atoms with Crippen LogP contribution in [0.4, 0.5) is 0 Å². The molecule has 6 nitrogen and oxygen atoms in total. The van der Waals surface area contributed by atoms with E-state index >= 15 is 0 Å². The molecule has 0 radical (unpaired) electrons. The Hall–Kier alpha value is -2.63. The molecule has 0 aliphatic heterocycles. The van der Waals surface area contributed by atoms with Crippen molar-refractivity contribution in [2.45, 2.75) is 412 Å². The number of allylic oxidation sites excluding steroid dienone is 8. The van der Waals surface area contributed by atoms with Crippen LogP contribution >= 0.6 is 0 Å². The minimum Gasteiger partial charge on any atom is -0.462 e. The van der Waals surface area contributed by atoms with Gasteiger partial charge in [-0.15, -0.1) is 0 Å². The van der Waals surface area contributed by atoms with Gasteiger partial charge in [-0.25, -0.2) is 0 Å². The maximum absolute atomic E-state index is 12.9. The van der Waals surface area contributed by atoms with Crippen LogP contribution in [0.2, 0.25) is 0 Å². The van der Waals surface area contributed by atoms with Crippen LogP contribution in [0.5, 0.6) is 0 Å². The van der Waals surface area contributed by atoms with Gasteiger partial charge in [0, 0.05) is 19.3 Å². The van der Waals surface area contributed by atoms with Gasteiger partial charge < -0.3 is 14.2 Å². The summed E-state index contributed by atoms with van der Waals surface area (Å²) in [5.41, 5.74) is 0. The first kappa shape index (κ1) is 80.4. The number of unbranched alkanes of at least 4 members (excludes halogenated alkanes) is 50. The first-order valence-corrected chi connectivity index (χ1v) is 37.1. The van der Waals surface area contributed by atoms with Gasteiger partial charge in [-0.3, -0.25) is 14.4 Å². The lowest BCUT2D eigenvalue weighted by Gasteiger charge is -2.18. The molecule has 0 N–H and O–H groups in total. The molecule has 0 bridgehead atoms. The van der Waals surface area contributed by atoms with Crippen molar-refractivity contribution in [1.82, 2.24) is 0 Å². The zero-order chi connectivity index (χ0) is 59.9. The van der Waals surface area contributed by atoms with Crippen LogP contribution in [-0.2, 0) is 28.6 Å². The van der Waals surface area contributed by atoms with Crippen molar-refractivity contribution in [1.29, 1.82) is 0 Å². The zero-order valence-electron chi connectivity index (χ0n) is 56.0. The summed E-state index contributed by atoms with van der Waals surface area (Å²) in [6.45, 7) is 6.67. The van der Waals surface area contributed by atoms with Crippen molar-refractivity contribution in [3.05, 3.63) is 48.6 Å². The van der Waals surface area contributed by atoms with E-state index in [2.05, 4.69) is 69.4 Å². The number of carbonyl (C=O) groups is 3. The van der Waals surface area contributed by atoms with Crippen molar-refractivity contribution in [2.24, 2.45) is 0 Å². The fourth-order valence-electron chi connectivity index (χ4n) is 11.2.